The summed E-state index contributed by atoms with van der Waals surface area (Å²) >= 11 is 0. The summed E-state index contributed by atoms with van der Waals surface area (Å²) in [5.41, 5.74) is 12.3. The van der Waals surface area contributed by atoms with Gasteiger partial charge in [0.05, 0.1) is 0 Å². The third-order valence-electron chi connectivity index (χ3n) is 2.06. The number of urea groups is 1. The van der Waals surface area contributed by atoms with Crippen LogP contribution in [0.15, 0.2) is 30.3 Å². The van der Waals surface area contributed by atoms with E-state index in [0.717, 1.165) is 11.3 Å². The average molecular weight is 205 g/mol. The monoisotopic (exact) mass is 205 g/mol. The van der Waals surface area contributed by atoms with Gasteiger partial charge in [-0.3, -0.25) is 4.90 Å². The fraction of sp³-hybridized carbons (Fsp3) is 0.182. The number of benzene rings is 1. The van der Waals surface area contributed by atoms with E-state index in [4.69, 9.17) is 11.5 Å². The van der Waals surface area contributed by atoms with Crippen molar-refractivity contribution in [3.05, 3.63) is 35.9 Å². The minimum absolute atomic E-state index is 0.472. The Morgan fingerprint density at radius 3 is 2.47 bits per heavy atom. The SMILES string of the molecule is CN(C(N)=O)c1ccc(/C=C/CN)cc1. The highest BCUT2D eigenvalue weighted by Crippen LogP contribution is 2.14. The maximum atomic E-state index is 10.9. The quantitative estimate of drug-likeness (QED) is 0.777. The van der Waals surface area contributed by atoms with Gasteiger partial charge in [-0.05, 0) is 17.7 Å². The summed E-state index contributed by atoms with van der Waals surface area (Å²) in [6.07, 6.45) is 3.79. The molecule has 0 unspecified atom stereocenters. The van der Waals surface area contributed by atoms with Crippen molar-refractivity contribution in [2.24, 2.45) is 11.5 Å². The van der Waals surface area contributed by atoms with Crippen molar-refractivity contribution in [2.75, 3.05) is 18.5 Å². The number of carbonyl (C=O) groups excluding carboxylic acids is 1. The first kappa shape index (κ1) is 11.3. The lowest BCUT2D eigenvalue weighted by molar-refractivity contribution is 0.255. The second-order valence-corrected chi connectivity index (χ2v) is 3.13. The van der Waals surface area contributed by atoms with E-state index in [1.807, 2.05) is 36.4 Å². The lowest BCUT2D eigenvalue weighted by atomic mass is 10.2. The molecule has 0 aliphatic heterocycles. The van der Waals surface area contributed by atoms with E-state index in [0.29, 0.717) is 6.54 Å². The van der Waals surface area contributed by atoms with Gasteiger partial charge in [-0.25, -0.2) is 4.79 Å². The molecule has 0 aliphatic carbocycles. The summed E-state index contributed by atoms with van der Waals surface area (Å²) in [5.74, 6) is 0. The van der Waals surface area contributed by atoms with Crippen LogP contribution in [-0.4, -0.2) is 19.6 Å². The molecule has 0 bridgehead atoms. The van der Waals surface area contributed by atoms with Crippen LogP contribution in [0.3, 0.4) is 0 Å². The first-order valence-corrected chi connectivity index (χ1v) is 4.65. The number of hydrogen-bond donors (Lipinski definition) is 2. The first-order valence-electron chi connectivity index (χ1n) is 4.65. The van der Waals surface area contributed by atoms with Crippen LogP contribution in [0.1, 0.15) is 5.56 Å². The van der Waals surface area contributed by atoms with Gasteiger partial charge >= 0.3 is 6.03 Å². The zero-order valence-corrected chi connectivity index (χ0v) is 8.68. The Balaban J connectivity index is 2.80. The molecule has 0 atom stereocenters. The van der Waals surface area contributed by atoms with Crippen LogP contribution in [-0.2, 0) is 0 Å². The van der Waals surface area contributed by atoms with Crippen molar-refractivity contribution in [1.82, 2.24) is 0 Å². The third kappa shape index (κ3) is 3.11. The third-order valence-corrected chi connectivity index (χ3v) is 2.06. The number of anilines is 1. The molecule has 1 rings (SSSR count). The molecule has 0 radical (unpaired) electrons. The van der Waals surface area contributed by atoms with Crippen molar-refractivity contribution < 1.29 is 4.79 Å². The molecule has 0 spiro atoms. The Kier molecular flexibility index (Phi) is 3.88. The maximum absolute atomic E-state index is 10.9. The highest BCUT2D eigenvalue weighted by Gasteiger charge is 2.04. The van der Waals surface area contributed by atoms with Crippen LogP contribution >= 0.6 is 0 Å². The number of hydrogen-bond acceptors (Lipinski definition) is 2. The Bertz CT molecular complexity index is 357. The second kappa shape index (κ2) is 5.17. The normalized spacial score (nSPS) is 10.5. The van der Waals surface area contributed by atoms with E-state index in [9.17, 15) is 4.79 Å². The molecule has 2 amide bonds. The number of nitrogens with zero attached hydrogens (tertiary/aromatic N) is 1. The largest absolute Gasteiger partial charge is 0.351 e. The average Bonchev–Trinajstić information content (AvgIpc) is 2.26. The van der Waals surface area contributed by atoms with Gasteiger partial charge in [0, 0.05) is 19.3 Å². The molecule has 4 heteroatoms. The molecule has 1 aromatic carbocycles. The molecule has 15 heavy (non-hydrogen) atoms. The molecule has 80 valence electrons. The number of amides is 2. The van der Waals surface area contributed by atoms with E-state index in [1.54, 1.807) is 7.05 Å². The zero-order chi connectivity index (χ0) is 11.3. The zero-order valence-electron chi connectivity index (χ0n) is 8.68. The molecular weight excluding hydrogens is 190 g/mol. The number of nitrogens with two attached hydrogens (primary N) is 2. The van der Waals surface area contributed by atoms with E-state index in [-0.39, 0.29) is 0 Å². The highest BCUT2D eigenvalue weighted by atomic mass is 16.2. The molecule has 0 aliphatic rings. The van der Waals surface area contributed by atoms with E-state index < -0.39 is 6.03 Å². The Hall–Kier alpha value is -1.81. The number of rotatable bonds is 3. The fourth-order valence-electron chi connectivity index (χ4n) is 1.14. The van der Waals surface area contributed by atoms with Crippen molar-refractivity contribution in [1.29, 1.82) is 0 Å². The Morgan fingerprint density at radius 2 is 2.00 bits per heavy atom. The molecule has 4 N–H and O–H groups in total. The van der Waals surface area contributed by atoms with Gasteiger partial charge in [0.1, 0.15) is 0 Å². The standard InChI is InChI=1S/C11H15N3O/c1-14(11(13)15)10-6-4-9(5-7-10)3-2-8-12/h2-7H,8,12H2,1H3,(H2,13,15)/b3-2+. The predicted octanol–water partition coefficient (Wildman–Crippen LogP) is 1.17. The minimum Gasteiger partial charge on any atom is -0.351 e. The van der Waals surface area contributed by atoms with Crippen LogP contribution in [0.4, 0.5) is 10.5 Å². The van der Waals surface area contributed by atoms with Gasteiger partial charge in [-0.15, -0.1) is 0 Å². The highest BCUT2D eigenvalue weighted by molar-refractivity contribution is 5.90. The topological polar surface area (TPSA) is 72.3 Å². The summed E-state index contributed by atoms with van der Waals surface area (Å²) in [7, 11) is 1.63. The van der Waals surface area contributed by atoms with Gasteiger partial charge in [0.15, 0.2) is 0 Å². The van der Waals surface area contributed by atoms with Gasteiger partial charge in [0.25, 0.3) is 0 Å². The first-order chi connectivity index (χ1) is 7.15. The molecule has 1 aromatic rings. The van der Waals surface area contributed by atoms with E-state index in [1.165, 1.54) is 4.90 Å². The van der Waals surface area contributed by atoms with Gasteiger partial charge < -0.3 is 11.5 Å². The van der Waals surface area contributed by atoms with Crippen molar-refractivity contribution >= 4 is 17.8 Å². The van der Waals surface area contributed by atoms with Crippen molar-refractivity contribution in [3.8, 4) is 0 Å². The maximum Gasteiger partial charge on any atom is 0.318 e. The van der Waals surface area contributed by atoms with Crippen molar-refractivity contribution in [2.45, 2.75) is 0 Å². The molecule has 4 nitrogen and oxygen atoms in total. The predicted molar refractivity (Wildman–Crippen MR) is 62.5 cm³/mol. The molecule has 0 saturated heterocycles. The van der Waals surface area contributed by atoms with Gasteiger partial charge in [0.2, 0.25) is 0 Å². The minimum atomic E-state index is -0.472. The number of carbonyl (C=O) groups is 1. The lowest BCUT2D eigenvalue weighted by Crippen LogP contribution is -2.31. The van der Waals surface area contributed by atoms with Crippen LogP contribution in [0, 0.1) is 0 Å². The van der Waals surface area contributed by atoms with Crippen LogP contribution in [0.5, 0.6) is 0 Å². The van der Waals surface area contributed by atoms with E-state index in [2.05, 4.69) is 0 Å². The summed E-state index contributed by atoms with van der Waals surface area (Å²) in [4.78, 5) is 12.3. The molecule has 0 saturated carbocycles. The van der Waals surface area contributed by atoms with Crippen molar-refractivity contribution in [3.63, 3.8) is 0 Å². The van der Waals surface area contributed by atoms with Crippen LogP contribution in [0.2, 0.25) is 0 Å². The summed E-state index contributed by atoms with van der Waals surface area (Å²) in [6, 6.07) is 7.00. The summed E-state index contributed by atoms with van der Waals surface area (Å²) in [5, 5.41) is 0. The van der Waals surface area contributed by atoms with Gasteiger partial charge in [-0.1, -0.05) is 24.3 Å². The van der Waals surface area contributed by atoms with E-state index >= 15 is 0 Å². The smallest absolute Gasteiger partial charge is 0.318 e. The fourth-order valence-corrected chi connectivity index (χ4v) is 1.14. The summed E-state index contributed by atoms with van der Waals surface area (Å²) < 4.78 is 0. The van der Waals surface area contributed by atoms with Gasteiger partial charge in [-0.2, -0.15) is 0 Å². The summed E-state index contributed by atoms with van der Waals surface area (Å²) in [6.45, 7) is 0.517. The lowest BCUT2D eigenvalue weighted by Gasteiger charge is -2.13. The van der Waals surface area contributed by atoms with Crippen LogP contribution in [0.25, 0.3) is 6.08 Å². The second-order valence-electron chi connectivity index (χ2n) is 3.13. The molecule has 0 aromatic heterocycles. The Labute approximate surface area is 89.2 Å². The molecule has 0 fully saturated rings. The molecular formula is C11H15N3O. The Morgan fingerprint density at radius 1 is 1.40 bits per heavy atom. The van der Waals surface area contributed by atoms with Crippen LogP contribution < -0.4 is 16.4 Å². The number of primary amides is 1. The molecule has 0 heterocycles.